The van der Waals surface area contributed by atoms with E-state index in [0.717, 1.165) is 4.90 Å². The maximum atomic E-state index is 12.1. The summed E-state index contributed by atoms with van der Waals surface area (Å²) in [5, 5.41) is 9.20. The van der Waals surface area contributed by atoms with Crippen LogP contribution < -0.4 is 0 Å². The summed E-state index contributed by atoms with van der Waals surface area (Å²) in [6.45, 7) is 7.67. The van der Waals surface area contributed by atoms with Gasteiger partial charge < -0.3 is 24.4 Å². The van der Waals surface area contributed by atoms with Crippen LogP contribution in [0.1, 0.15) is 34.1 Å². The number of rotatable bonds is 3. The Hall–Kier alpha value is -1.99. The van der Waals surface area contributed by atoms with Gasteiger partial charge in [0.2, 0.25) is 0 Å². The predicted molar refractivity (Wildman–Crippen MR) is 77.6 cm³/mol. The number of carbonyl (C=O) groups is 3. The Labute approximate surface area is 130 Å². The van der Waals surface area contributed by atoms with Crippen molar-refractivity contribution in [2.45, 2.75) is 45.8 Å². The molecule has 0 bridgehead atoms. The summed E-state index contributed by atoms with van der Waals surface area (Å²) in [4.78, 5) is 37.5. The van der Waals surface area contributed by atoms with Crippen LogP contribution >= 0.6 is 0 Å². The van der Waals surface area contributed by atoms with Gasteiger partial charge in [0.25, 0.3) is 0 Å². The van der Waals surface area contributed by atoms with Crippen LogP contribution in [-0.4, -0.2) is 70.9 Å². The molecule has 0 aliphatic carbocycles. The third-order valence-corrected chi connectivity index (χ3v) is 3.09. The van der Waals surface area contributed by atoms with Crippen LogP contribution in [0.5, 0.6) is 0 Å². The second-order valence-corrected chi connectivity index (χ2v) is 6.07. The number of piperazine rings is 1. The zero-order chi connectivity index (χ0) is 16.9. The van der Waals surface area contributed by atoms with Crippen molar-refractivity contribution in [2.24, 2.45) is 0 Å². The quantitative estimate of drug-likeness (QED) is 0.793. The maximum Gasteiger partial charge on any atom is 0.410 e. The van der Waals surface area contributed by atoms with Crippen molar-refractivity contribution in [1.82, 2.24) is 9.80 Å². The molecular weight excluding hydrogens is 292 g/mol. The minimum Gasteiger partial charge on any atom is -0.466 e. The molecule has 0 spiro atoms. The summed E-state index contributed by atoms with van der Waals surface area (Å²) in [5.74, 6) is -0.482. The maximum absolute atomic E-state index is 12.1. The highest BCUT2D eigenvalue weighted by atomic mass is 16.6. The summed E-state index contributed by atoms with van der Waals surface area (Å²) in [7, 11) is 0. The number of amides is 2. The van der Waals surface area contributed by atoms with Gasteiger partial charge in [-0.15, -0.1) is 0 Å². The Bertz CT molecular complexity index is 432. The van der Waals surface area contributed by atoms with Crippen molar-refractivity contribution in [3.63, 3.8) is 0 Å². The van der Waals surface area contributed by atoms with E-state index in [0.29, 0.717) is 0 Å². The van der Waals surface area contributed by atoms with Gasteiger partial charge in [0.05, 0.1) is 19.1 Å². The molecule has 0 saturated carbocycles. The molecule has 1 heterocycles. The highest BCUT2D eigenvalue weighted by Crippen LogP contribution is 2.17. The zero-order valence-corrected chi connectivity index (χ0v) is 13.5. The molecule has 1 unspecified atom stereocenters. The number of ether oxygens (including phenoxy) is 2. The monoisotopic (exact) mass is 316 g/mol. The van der Waals surface area contributed by atoms with Crippen molar-refractivity contribution >= 4 is 18.2 Å². The summed E-state index contributed by atoms with van der Waals surface area (Å²) in [6.07, 6.45) is -1.70. The predicted octanol–water partition coefficient (Wildman–Crippen LogP) is 1.54. The molecule has 0 aromatic heterocycles. The van der Waals surface area contributed by atoms with Crippen LogP contribution in [-0.2, 0) is 14.3 Å². The molecule has 1 aliphatic rings. The number of esters is 1. The Morgan fingerprint density at radius 2 is 1.86 bits per heavy atom. The number of carboxylic acid groups (broad SMARTS) is 1. The van der Waals surface area contributed by atoms with E-state index in [1.54, 1.807) is 27.7 Å². The number of hydrogen-bond donors (Lipinski definition) is 1. The van der Waals surface area contributed by atoms with Gasteiger partial charge >= 0.3 is 18.2 Å². The van der Waals surface area contributed by atoms with E-state index in [2.05, 4.69) is 0 Å². The smallest absolute Gasteiger partial charge is 0.410 e. The van der Waals surface area contributed by atoms with Crippen LogP contribution in [0, 0.1) is 0 Å². The van der Waals surface area contributed by atoms with E-state index >= 15 is 0 Å². The SMILES string of the molecule is CCOC(=O)CC1CN(C(=O)OC(C)(C)C)CCN1C(=O)O. The first-order valence-electron chi connectivity index (χ1n) is 7.27. The topological polar surface area (TPSA) is 96.4 Å². The molecule has 8 nitrogen and oxygen atoms in total. The first-order chi connectivity index (χ1) is 10.1. The molecule has 0 radical (unpaired) electrons. The molecule has 126 valence electrons. The average molecular weight is 316 g/mol. The fourth-order valence-electron chi connectivity index (χ4n) is 2.19. The van der Waals surface area contributed by atoms with Gasteiger partial charge in [-0.1, -0.05) is 0 Å². The van der Waals surface area contributed by atoms with E-state index in [4.69, 9.17) is 9.47 Å². The van der Waals surface area contributed by atoms with E-state index in [9.17, 15) is 19.5 Å². The fourth-order valence-corrected chi connectivity index (χ4v) is 2.19. The highest BCUT2D eigenvalue weighted by Gasteiger charge is 2.35. The van der Waals surface area contributed by atoms with Gasteiger partial charge in [-0.3, -0.25) is 4.79 Å². The largest absolute Gasteiger partial charge is 0.466 e. The molecule has 8 heteroatoms. The molecule has 1 atom stereocenters. The highest BCUT2D eigenvalue weighted by molar-refractivity contribution is 5.73. The lowest BCUT2D eigenvalue weighted by Gasteiger charge is -2.39. The molecule has 22 heavy (non-hydrogen) atoms. The first-order valence-corrected chi connectivity index (χ1v) is 7.27. The van der Waals surface area contributed by atoms with Gasteiger partial charge in [0, 0.05) is 19.6 Å². The van der Waals surface area contributed by atoms with Crippen LogP contribution in [0.2, 0.25) is 0 Å². The first kappa shape index (κ1) is 18.1. The number of nitrogens with zero attached hydrogens (tertiary/aromatic N) is 2. The van der Waals surface area contributed by atoms with Crippen molar-refractivity contribution in [1.29, 1.82) is 0 Å². The third kappa shape index (κ3) is 5.42. The molecule has 0 aromatic carbocycles. The van der Waals surface area contributed by atoms with E-state index in [1.807, 2.05) is 0 Å². The van der Waals surface area contributed by atoms with Gasteiger partial charge in [0.1, 0.15) is 5.60 Å². The lowest BCUT2D eigenvalue weighted by atomic mass is 10.1. The minimum absolute atomic E-state index is 0.0839. The van der Waals surface area contributed by atoms with Crippen LogP contribution in [0.4, 0.5) is 9.59 Å². The third-order valence-electron chi connectivity index (χ3n) is 3.09. The van der Waals surface area contributed by atoms with Crippen molar-refractivity contribution in [3.8, 4) is 0 Å². The van der Waals surface area contributed by atoms with Crippen LogP contribution in [0.25, 0.3) is 0 Å². The van der Waals surface area contributed by atoms with E-state index < -0.39 is 29.8 Å². The lowest BCUT2D eigenvalue weighted by molar-refractivity contribution is -0.144. The Morgan fingerprint density at radius 1 is 1.23 bits per heavy atom. The lowest BCUT2D eigenvalue weighted by Crippen LogP contribution is -2.57. The second kappa shape index (κ2) is 7.33. The van der Waals surface area contributed by atoms with Gasteiger partial charge in [-0.25, -0.2) is 9.59 Å². The minimum atomic E-state index is -1.11. The van der Waals surface area contributed by atoms with Gasteiger partial charge in [-0.2, -0.15) is 0 Å². The molecule has 1 rings (SSSR count). The molecule has 2 amide bonds. The van der Waals surface area contributed by atoms with Gasteiger partial charge in [0.15, 0.2) is 0 Å². The average Bonchev–Trinajstić information content (AvgIpc) is 2.36. The Morgan fingerprint density at radius 3 is 2.36 bits per heavy atom. The molecule has 1 N–H and O–H groups in total. The Kier molecular flexibility index (Phi) is 6.01. The van der Waals surface area contributed by atoms with Crippen molar-refractivity contribution in [3.05, 3.63) is 0 Å². The molecule has 0 aromatic rings. The number of hydrogen-bond acceptors (Lipinski definition) is 5. The number of carbonyl (C=O) groups excluding carboxylic acids is 2. The fraction of sp³-hybridized carbons (Fsp3) is 0.786. The van der Waals surface area contributed by atoms with E-state index in [1.165, 1.54) is 4.90 Å². The molecular formula is C14H24N2O6. The van der Waals surface area contributed by atoms with Crippen molar-refractivity contribution in [2.75, 3.05) is 26.2 Å². The summed E-state index contributed by atoms with van der Waals surface area (Å²) < 4.78 is 10.1. The summed E-state index contributed by atoms with van der Waals surface area (Å²) in [5.41, 5.74) is -0.627. The normalized spacial score (nSPS) is 18.8. The van der Waals surface area contributed by atoms with E-state index in [-0.39, 0.29) is 32.7 Å². The van der Waals surface area contributed by atoms with Crippen molar-refractivity contribution < 1.29 is 29.0 Å². The molecule has 1 fully saturated rings. The Balaban J connectivity index is 2.73. The second-order valence-electron chi connectivity index (χ2n) is 6.07. The van der Waals surface area contributed by atoms with Gasteiger partial charge in [-0.05, 0) is 27.7 Å². The summed E-state index contributed by atoms with van der Waals surface area (Å²) in [6, 6.07) is -0.627. The zero-order valence-electron chi connectivity index (χ0n) is 13.5. The standard InChI is InChI=1S/C14H24N2O6/c1-5-21-11(17)8-10-9-15(6-7-16(10)12(18)19)13(20)22-14(2,3)4/h10H,5-9H2,1-4H3,(H,18,19). The molecule has 1 saturated heterocycles. The van der Waals surface area contributed by atoms with Crippen LogP contribution in [0.15, 0.2) is 0 Å². The summed E-state index contributed by atoms with van der Waals surface area (Å²) >= 11 is 0. The molecule has 1 aliphatic heterocycles. The van der Waals surface area contributed by atoms with Crippen LogP contribution in [0.3, 0.4) is 0 Å².